The fraction of sp³-hybridized carbons (Fsp3) is 1.00. The maximum atomic E-state index is 10.2. The predicted molar refractivity (Wildman–Crippen MR) is 41.1 cm³/mol. The molecule has 1 atom stereocenters. The Bertz CT molecular complexity index is 147. The first kappa shape index (κ1) is 9.08. The molecule has 1 fully saturated rings. The fourth-order valence-electron chi connectivity index (χ4n) is 1.00. The highest BCUT2D eigenvalue weighted by atomic mass is 32.2. The number of hydrogen-bond donors (Lipinski definition) is 1. The van der Waals surface area contributed by atoms with Gasteiger partial charge in [0.05, 0.1) is 0 Å². The van der Waals surface area contributed by atoms with Crippen LogP contribution in [0.5, 0.6) is 0 Å². The lowest BCUT2D eigenvalue weighted by Gasteiger charge is -2.32. The molecule has 0 radical (unpaired) electrons. The summed E-state index contributed by atoms with van der Waals surface area (Å²) in [7, 11) is 2.02. The van der Waals surface area contributed by atoms with Crippen molar-refractivity contribution in [3.63, 3.8) is 0 Å². The van der Waals surface area contributed by atoms with Crippen molar-refractivity contribution in [3.05, 3.63) is 0 Å². The normalized spacial score (nSPS) is 25.3. The molecule has 0 aliphatic carbocycles. The zero-order valence-corrected chi connectivity index (χ0v) is 7.26. The van der Waals surface area contributed by atoms with Gasteiger partial charge < -0.3 is 9.45 Å². The number of nitrogens with zero attached hydrogens (tertiary/aromatic N) is 2. The minimum atomic E-state index is -2.17. The summed E-state index contributed by atoms with van der Waals surface area (Å²) in [6.07, 6.45) is 0. The largest absolute Gasteiger partial charge is 0.759 e. The van der Waals surface area contributed by atoms with Crippen LogP contribution < -0.4 is 4.83 Å². The van der Waals surface area contributed by atoms with E-state index in [0.717, 1.165) is 26.2 Å². The highest BCUT2D eigenvalue weighted by Gasteiger charge is 2.12. The van der Waals surface area contributed by atoms with E-state index >= 15 is 0 Å². The molecule has 5 nitrogen and oxygen atoms in total. The van der Waals surface area contributed by atoms with Crippen molar-refractivity contribution in [2.24, 2.45) is 0 Å². The lowest BCUT2D eigenvalue weighted by molar-refractivity contribution is 0.133. The van der Waals surface area contributed by atoms with Gasteiger partial charge in [0.25, 0.3) is 0 Å². The number of rotatable bonds is 2. The minimum Gasteiger partial charge on any atom is -0.759 e. The van der Waals surface area contributed by atoms with Crippen LogP contribution in [0, 0.1) is 0 Å². The van der Waals surface area contributed by atoms with Crippen molar-refractivity contribution in [2.75, 3.05) is 33.2 Å². The van der Waals surface area contributed by atoms with Gasteiger partial charge in [0.15, 0.2) is 0 Å². The highest BCUT2D eigenvalue weighted by molar-refractivity contribution is 7.76. The maximum Gasteiger partial charge on any atom is 0.0326 e. The molecule has 1 aliphatic heterocycles. The van der Waals surface area contributed by atoms with Crippen molar-refractivity contribution in [1.82, 2.24) is 14.7 Å². The van der Waals surface area contributed by atoms with Crippen LogP contribution >= 0.6 is 0 Å². The van der Waals surface area contributed by atoms with Gasteiger partial charge in [-0.3, -0.25) is 4.21 Å². The van der Waals surface area contributed by atoms with Crippen molar-refractivity contribution in [1.29, 1.82) is 0 Å². The van der Waals surface area contributed by atoms with Gasteiger partial charge in [-0.25, -0.2) is 5.01 Å². The van der Waals surface area contributed by atoms with Gasteiger partial charge in [0.2, 0.25) is 0 Å². The molecule has 1 aliphatic rings. The molecular formula is C5H12N3O2S-. The average molecular weight is 178 g/mol. The summed E-state index contributed by atoms with van der Waals surface area (Å²) < 4.78 is 20.4. The molecule has 0 bridgehead atoms. The maximum absolute atomic E-state index is 10.2. The first-order chi connectivity index (χ1) is 5.18. The topological polar surface area (TPSA) is 58.6 Å². The molecule has 1 rings (SSSR count). The van der Waals surface area contributed by atoms with Crippen LogP contribution in [-0.2, 0) is 11.3 Å². The van der Waals surface area contributed by atoms with Crippen LogP contribution in [0.25, 0.3) is 0 Å². The van der Waals surface area contributed by atoms with Gasteiger partial charge in [-0.05, 0) is 7.05 Å². The van der Waals surface area contributed by atoms with Crippen molar-refractivity contribution in [2.45, 2.75) is 0 Å². The number of piperazine rings is 1. The van der Waals surface area contributed by atoms with Gasteiger partial charge in [-0.1, -0.05) is 0 Å². The molecule has 1 saturated heterocycles. The van der Waals surface area contributed by atoms with E-state index in [0.29, 0.717) is 0 Å². The monoisotopic (exact) mass is 178 g/mol. The predicted octanol–water partition coefficient (Wildman–Crippen LogP) is -1.47. The molecule has 0 aromatic rings. The number of likely N-dealkylation sites (N-methyl/N-ethyl adjacent to an activating group) is 1. The molecule has 1 heterocycles. The molecule has 6 heteroatoms. The second-order valence-electron chi connectivity index (χ2n) is 2.62. The molecule has 0 aromatic carbocycles. The van der Waals surface area contributed by atoms with E-state index in [-0.39, 0.29) is 0 Å². The molecule has 0 spiro atoms. The summed E-state index contributed by atoms with van der Waals surface area (Å²) in [4.78, 5) is 4.48. The van der Waals surface area contributed by atoms with Gasteiger partial charge in [-0.15, -0.1) is 0 Å². The summed E-state index contributed by atoms with van der Waals surface area (Å²) in [6, 6.07) is 0. The summed E-state index contributed by atoms with van der Waals surface area (Å²) in [6.45, 7) is 3.32. The summed E-state index contributed by atoms with van der Waals surface area (Å²) in [5.41, 5.74) is 0. The summed E-state index contributed by atoms with van der Waals surface area (Å²) in [5, 5.41) is 1.70. The molecule has 11 heavy (non-hydrogen) atoms. The van der Waals surface area contributed by atoms with Crippen LogP contribution in [0.15, 0.2) is 0 Å². The zero-order valence-electron chi connectivity index (χ0n) is 6.45. The molecule has 1 unspecified atom stereocenters. The zero-order chi connectivity index (χ0) is 8.27. The summed E-state index contributed by atoms with van der Waals surface area (Å²) in [5.74, 6) is 0. The fourth-order valence-corrected chi connectivity index (χ4v) is 1.40. The van der Waals surface area contributed by atoms with E-state index in [1.165, 1.54) is 0 Å². The van der Waals surface area contributed by atoms with E-state index in [2.05, 4.69) is 9.73 Å². The van der Waals surface area contributed by atoms with Gasteiger partial charge in [0.1, 0.15) is 0 Å². The first-order valence-electron chi connectivity index (χ1n) is 3.47. The van der Waals surface area contributed by atoms with Crippen molar-refractivity contribution < 1.29 is 8.76 Å². The van der Waals surface area contributed by atoms with E-state index in [4.69, 9.17) is 0 Å². The van der Waals surface area contributed by atoms with E-state index in [1.54, 1.807) is 5.01 Å². The van der Waals surface area contributed by atoms with Gasteiger partial charge >= 0.3 is 0 Å². The second-order valence-corrected chi connectivity index (χ2v) is 3.27. The van der Waals surface area contributed by atoms with Crippen LogP contribution in [0.4, 0.5) is 0 Å². The Morgan fingerprint density at radius 2 is 1.91 bits per heavy atom. The average Bonchev–Trinajstić information content (AvgIpc) is 1.93. The van der Waals surface area contributed by atoms with E-state index in [1.807, 2.05) is 7.05 Å². The first-order valence-corrected chi connectivity index (χ1v) is 4.55. The quantitative estimate of drug-likeness (QED) is 0.525. The van der Waals surface area contributed by atoms with Gasteiger partial charge in [0, 0.05) is 37.4 Å². The summed E-state index contributed by atoms with van der Waals surface area (Å²) >= 11 is -2.17. The standard InChI is InChI=1S/C5H13N3O2S/c1-7-2-4-8(5-3-7)6-11(9)10/h6H,2-5H2,1H3,(H,9,10)/p-1. The van der Waals surface area contributed by atoms with Gasteiger partial charge in [-0.2, -0.15) is 4.83 Å². The highest BCUT2D eigenvalue weighted by Crippen LogP contribution is 1.94. The Kier molecular flexibility index (Phi) is 3.41. The van der Waals surface area contributed by atoms with Crippen LogP contribution in [0.3, 0.4) is 0 Å². The van der Waals surface area contributed by atoms with Crippen molar-refractivity contribution >= 4 is 11.3 Å². The van der Waals surface area contributed by atoms with Crippen LogP contribution in [0.1, 0.15) is 0 Å². The Labute approximate surface area is 68.7 Å². The Morgan fingerprint density at radius 3 is 2.36 bits per heavy atom. The van der Waals surface area contributed by atoms with E-state index in [9.17, 15) is 8.76 Å². The second kappa shape index (κ2) is 4.13. The molecule has 66 valence electrons. The SMILES string of the molecule is CN1CCN(NS(=O)[O-])CC1. The number of hydrazine groups is 1. The molecule has 0 saturated carbocycles. The Hall–Kier alpha value is -0.0100. The third kappa shape index (κ3) is 3.26. The number of nitrogens with one attached hydrogen (secondary N) is 1. The van der Waals surface area contributed by atoms with Crippen LogP contribution in [0.2, 0.25) is 0 Å². The molecule has 0 amide bonds. The van der Waals surface area contributed by atoms with E-state index < -0.39 is 11.3 Å². The van der Waals surface area contributed by atoms with Crippen molar-refractivity contribution in [3.8, 4) is 0 Å². The molecular weight excluding hydrogens is 166 g/mol. The Balaban J connectivity index is 2.22. The third-order valence-electron chi connectivity index (χ3n) is 1.71. The lowest BCUT2D eigenvalue weighted by Crippen LogP contribution is -2.51. The smallest absolute Gasteiger partial charge is 0.0326 e. The lowest BCUT2D eigenvalue weighted by atomic mass is 10.4. The minimum absolute atomic E-state index is 0.754. The third-order valence-corrected chi connectivity index (χ3v) is 2.11. The number of hydrogen-bond acceptors (Lipinski definition) is 4. The molecule has 0 aromatic heterocycles. The Morgan fingerprint density at radius 1 is 1.36 bits per heavy atom. The van der Waals surface area contributed by atoms with Crippen LogP contribution in [-0.4, -0.2) is 51.9 Å². The molecule has 1 N–H and O–H groups in total.